The normalized spacial score (nSPS) is 10.6. The lowest BCUT2D eigenvalue weighted by Gasteiger charge is -2.06. The number of ether oxygens (including phenoxy) is 1. The molecule has 0 atom stereocenters. The van der Waals surface area contributed by atoms with Crippen molar-refractivity contribution < 1.29 is 4.74 Å². The van der Waals surface area contributed by atoms with Gasteiger partial charge in [0.2, 0.25) is 5.95 Å². The van der Waals surface area contributed by atoms with Crippen LogP contribution in [0.3, 0.4) is 0 Å². The number of hydrogen-bond donors (Lipinski definition) is 1. The lowest BCUT2D eigenvalue weighted by molar-refractivity contribution is 0.132. The Morgan fingerprint density at radius 3 is 2.56 bits per heavy atom. The summed E-state index contributed by atoms with van der Waals surface area (Å²) in [6, 6.07) is 10.2. The van der Waals surface area contributed by atoms with E-state index in [9.17, 15) is 0 Å². The van der Waals surface area contributed by atoms with Crippen molar-refractivity contribution in [2.75, 3.05) is 25.6 Å². The van der Waals surface area contributed by atoms with Crippen LogP contribution in [0.25, 0.3) is 11.3 Å². The Morgan fingerprint density at radius 1 is 1.22 bits per heavy atom. The lowest BCUT2D eigenvalue weighted by Crippen LogP contribution is -2.10. The number of aromatic amines is 1. The van der Waals surface area contributed by atoms with E-state index in [1.54, 1.807) is 0 Å². The highest BCUT2D eigenvalue weighted by Crippen LogP contribution is 2.24. The molecule has 1 N–H and O–H groups in total. The van der Waals surface area contributed by atoms with Crippen LogP contribution in [0.15, 0.2) is 30.3 Å². The standard InChI is InChI=1S/C14H19N3O/c1-4-18-10-12-13(11-8-6-5-7-9-11)16-14(15-12)17(2)3/h5-9H,4,10H2,1-3H3,(H,15,16). The van der Waals surface area contributed by atoms with Crippen LogP contribution < -0.4 is 4.90 Å². The number of nitrogens with zero attached hydrogens (tertiary/aromatic N) is 2. The van der Waals surface area contributed by atoms with Gasteiger partial charge in [-0.15, -0.1) is 0 Å². The predicted octanol–water partition coefficient (Wildman–Crippen LogP) is 2.68. The van der Waals surface area contributed by atoms with Gasteiger partial charge in [0, 0.05) is 26.3 Å². The summed E-state index contributed by atoms with van der Waals surface area (Å²) in [6.45, 7) is 3.25. The number of imidazole rings is 1. The van der Waals surface area contributed by atoms with Gasteiger partial charge in [0.05, 0.1) is 18.0 Å². The highest BCUT2D eigenvalue weighted by molar-refractivity contribution is 5.64. The molecule has 0 aliphatic carbocycles. The quantitative estimate of drug-likeness (QED) is 0.880. The molecule has 0 bridgehead atoms. The van der Waals surface area contributed by atoms with Gasteiger partial charge in [-0.1, -0.05) is 30.3 Å². The summed E-state index contributed by atoms with van der Waals surface area (Å²) in [7, 11) is 3.94. The smallest absolute Gasteiger partial charge is 0.203 e. The zero-order chi connectivity index (χ0) is 13.0. The Balaban J connectivity index is 2.37. The lowest BCUT2D eigenvalue weighted by atomic mass is 10.1. The molecule has 1 heterocycles. The fourth-order valence-electron chi connectivity index (χ4n) is 1.75. The van der Waals surface area contributed by atoms with E-state index >= 15 is 0 Å². The Morgan fingerprint density at radius 2 is 1.94 bits per heavy atom. The number of benzene rings is 1. The zero-order valence-electron chi connectivity index (χ0n) is 11.1. The van der Waals surface area contributed by atoms with Crippen LogP contribution in [0.2, 0.25) is 0 Å². The Hall–Kier alpha value is -1.81. The van der Waals surface area contributed by atoms with Crippen LogP contribution in [0.4, 0.5) is 5.95 Å². The number of rotatable bonds is 5. The first-order chi connectivity index (χ1) is 8.72. The van der Waals surface area contributed by atoms with E-state index in [0.717, 1.165) is 22.9 Å². The number of H-pyrrole nitrogens is 1. The van der Waals surface area contributed by atoms with Crippen molar-refractivity contribution >= 4 is 5.95 Å². The van der Waals surface area contributed by atoms with E-state index in [-0.39, 0.29) is 0 Å². The molecule has 0 fully saturated rings. The number of anilines is 1. The van der Waals surface area contributed by atoms with E-state index < -0.39 is 0 Å². The second-order valence-corrected chi connectivity index (χ2v) is 4.29. The summed E-state index contributed by atoms with van der Waals surface area (Å²) >= 11 is 0. The van der Waals surface area contributed by atoms with E-state index in [2.05, 4.69) is 22.1 Å². The average molecular weight is 245 g/mol. The average Bonchev–Trinajstić information content (AvgIpc) is 2.81. The predicted molar refractivity (Wildman–Crippen MR) is 73.7 cm³/mol. The molecule has 18 heavy (non-hydrogen) atoms. The molecular weight excluding hydrogens is 226 g/mol. The van der Waals surface area contributed by atoms with Gasteiger partial charge in [-0.2, -0.15) is 0 Å². The van der Waals surface area contributed by atoms with Crippen molar-refractivity contribution in [1.29, 1.82) is 0 Å². The molecule has 96 valence electrons. The van der Waals surface area contributed by atoms with Gasteiger partial charge < -0.3 is 14.6 Å². The van der Waals surface area contributed by atoms with Gasteiger partial charge in [-0.3, -0.25) is 0 Å². The molecule has 4 nitrogen and oxygen atoms in total. The first kappa shape index (κ1) is 12.6. The summed E-state index contributed by atoms with van der Waals surface area (Å²) in [5.41, 5.74) is 3.09. The summed E-state index contributed by atoms with van der Waals surface area (Å²) in [5, 5.41) is 0. The minimum absolute atomic E-state index is 0.557. The van der Waals surface area contributed by atoms with E-state index in [0.29, 0.717) is 13.2 Å². The van der Waals surface area contributed by atoms with Crippen LogP contribution in [0, 0.1) is 0 Å². The van der Waals surface area contributed by atoms with E-state index in [4.69, 9.17) is 4.74 Å². The third kappa shape index (κ3) is 2.71. The summed E-state index contributed by atoms with van der Waals surface area (Å²) in [6.07, 6.45) is 0. The summed E-state index contributed by atoms with van der Waals surface area (Å²) in [5.74, 6) is 0.851. The molecule has 0 radical (unpaired) electrons. The zero-order valence-corrected chi connectivity index (χ0v) is 11.1. The summed E-state index contributed by atoms with van der Waals surface area (Å²) in [4.78, 5) is 9.89. The van der Waals surface area contributed by atoms with Crippen molar-refractivity contribution in [3.05, 3.63) is 36.0 Å². The topological polar surface area (TPSA) is 41.1 Å². The monoisotopic (exact) mass is 245 g/mol. The van der Waals surface area contributed by atoms with Gasteiger partial charge in [0.25, 0.3) is 0 Å². The summed E-state index contributed by atoms with van der Waals surface area (Å²) < 4.78 is 5.49. The Labute approximate surface area is 108 Å². The Bertz CT molecular complexity index is 491. The van der Waals surface area contributed by atoms with Crippen LogP contribution >= 0.6 is 0 Å². The van der Waals surface area contributed by atoms with Gasteiger partial charge in [-0.25, -0.2) is 4.98 Å². The van der Waals surface area contributed by atoms with Crippen molar-refractivity contribution in [2.24, 2.45) is 0 Å². The highest BCUT2D eigenvalue weighted by Gasteiger charge is 2.12. The number of hydrogen-bond acceptors (Lipinski definition) is 3. The largest absolute Gasteiger partial charge is 0.375 e. The molecule has 2 rings (SSSR count). The maximum absolute atomic E-state index is 5.49. The number of aromatic nitrogens is 2. The Kier molecular flexibility index (Phi) is 3.99. The first-order valence-electron chi connectivity index (χ1n) is 6.11. The highest BCUT2D eigenvalue weighted by atomic mass is 16.5. The van der Waals surface area contributed by atoms with Crippen molar-refractivity contribution in [3.8, 4) is 11.3 Å². The van der Waals surface area contributed by atoms with Gasteiger partial charge >= 0.3 is 0 Å². The fraction of sp³-hybridized carbons (Fsp3) is 0.357. The van der Waals surface area contributed by atoms with Crippen molar-refractivity contribution in [3.63, 3.8) is 0 Å². The van der Waals surface area contributed by atoms with Crippen LogP contribution in [-0.4, -0.2) is 30.7 Å². The third-order valence-electron chi connectivity index (χ3n) is 2.69. The second-order valence-electron chi connectivity index (χ2n) is 4.29. The molecular formula is C14H19N3O. The number of nitrogens with one attached hydrogen (secondary N) is 1. The van der Waals surface area contributed by atoms with Gasteiger partial charge in [0.15, 0.2) is 0 Å². The van der Waals surface area contributed by atoms with Crippen LogP contribution in [-0.2, 0) is 11.3 Å². The molecule has 0 amide bonds. The first-order valence-corrected chi connectivity index (χ1v) is 6.11. The molecule has 0 spiro atoms. The third-order valence-corrected chi connectivity index (χ3v) is 2.69. The molecule has 0 saturated heterocycles. The molecule has 0 aliphatic heterocycles. The molecule has 2 aromatic rings. The maximum Gasteiger partial charge on any atom is 0.203 e. The van der Waals surface area contributed by atoms with Crippen molar-refractivity contribution in [1.82, 2.24) is 9.97 Å². The molecule has 1 aromatic heterocycles. The van der Waals surface area contributed by atoms with Gasteiger partial charge in [0.1, 0.15) is 0 Å². The molecule has 0 aliphatic rings. The van der Waals surface area contributed by atoms with E-state index in [1.807, 2.05) is 44.1 Å². The molecule has 0 saturated carbocycles. The maximum atomic E-state index is 5.49. The minimum Gasteiger partial charge on any atom is -0.375 e. The molecule has 0 unspecified atom stereocenters. The van der Waals surface area contributed by atoms with Gasteiger partial charge in [-0.05, 0) is 6.92 Å². The van der Waals surface area contributed by atoms with Crippen LogP contribution in [0.5, 0.6) is 0 Å². The van der Waals surface area contributed by atoms with Crippen LogP contribution in [0.1, 0.15) is 12.6 Å². The SMILES string of the molecule is CCOCc1[nH]c(N(C)C)nc1-c1ccccc1. The van der Waals surface area contributed by atoms with E-state index in [1.165, 1.54) is 0 Å². The molecule has 4 heteroatoms. The fourth-order valence-corrected chi connectivity index (χ4v) is 1.75. The second kappa shape index (κ2) is 5.69. The van der Waals surface area contributed by atoms with Crippen molar-refractivity contribution in [2.45, 2.75) is 13.5 Å². The minimum atomic E-state index is 0.557. The molecule has 1 aromatic carbocycles.